The Hall–Kier alpha value is -3.79. The standard InChI is InChI=1S/C22H20N2O7S/c1-29-16-9-7-15(8-10-16)23-19(25)12-24-21(27)18(32-22(24)28)11-14-5-3-4-6-17(14)31-13-20(26)30-2/h3-11H,12-13H2,1-2H3,(H,23,25)/b18-11+. The Bertz CT molecular complexity index is 1070. The minimum Gasteiger partial charge on any atom is -0.497 e. The average molecular weight is 456 g/mol. The highest BCUT2D eigenvalue weighted by molar-refractivity contribution is 8.18. The molecule has 1 heterocycles. The summed E-state index contributed by atoms with van der Waals surface area (Å²) in [5, 5.41) is 2.08. The fourth-order valence-electron chi connectivity index (χ4n) is 2.72. The van der Waals surface area contributed by atoms with Gasteiger partial charge in [-0.15, -0.1) is 0 Å². The summed E-state index contributed by atoms with van der Waals surface area (Å²) in [6, 6.07) is 13.4. The lowest BCUT2D eigenvalue weighted by molar-refractivity contribution is -0.142. The monoisotopic (exact) mass is 456 g/mol. The van der Waals surface area contributed by atoms with Crippen LogP contribution in [-0.4, -0.2) is 55.3 Å². The normalized spacial score (nSPS) is 14.4. The number of carbonyl (C=O) groups is 4. The predicted molar refractivity (Wildman–Crippen MR) is 118 cm³/mol. The topological polar surface area (TPSA) is 111 Å². The van der Waals surface area contributed by atoms with Gasteiger partial charge < -0.3 is 19.5 Å². The Morgan fingerprint density at radius 2 is 1.78 bits per heavy atom. The summed E-state index contributed by atoms with van der Waals surface area (Å²) in [6.45, 7) is -0.719. The van der Waals surface area contributed by atoms with Crippen LogP contribution in [0.2, 0.25) is 0 Å². The summed E-state index contributed by atoms with van der Waals surface area (Å²) in [6.07, 6.45) is 1.49. The minimum absolute atomic E-state index is 0.140. The number of carbonyl (C=O) groups excluding carboxylic acids is 4. The molecule has 1 N–H and O–H groups in total. The van der Waals surface area contributed by atoms with Crippen LogP contribution in [0.1, 0.15) is 5.56 Å². The van der Waals surface area contributed by atoms with Gasteiger partial charge in [0.25, 0.3) is 11.1 Å². The zero-order valence-corrected chi connectivity index (χ0v) is 18.1. The SMILES string of the molecule is COC(=O)COc1ccccc1/C=C1/SC(=O)N(CC(=O)Nc2ccc(OC)cc2)C1=O. The van der Waals surface area contributed by atoms with Crippen LogP contribution in [0.4, 0.5) is 10.5 Å². The predicted octanol–water partition coefficient (Wildman–Crippen LogP) is 2.92. The third-order valence-corrected chi connectivity index (χ3v) is 5.24. The second-order valence-corrected chi connectivity index (χ2v) is 7.44. The number of methoxy groups -OCH3 is 2. The molecule has 166 valence electrons. The number of nitrogens with one attached hydrogen (secondary N) is 1. The molecule has 9 nitrogen and oxygen atoms in total. The molecule has 1 saturated heterocycles. The van der Waals surface area contributed by atoms with Crippen molar-refractivity contribution in [3.8, 4) is 11.5 Å². The van der Waals surface area contributed by atoms with Crippen molar-refractivity contribution in [3.05, 3.63) is 59.0 Å². The molecule has 0 spiro atoms. The summed E-state index contributed by atoms with van der Waals surface area (Å²) in [5.41, 5.74) is 1.01. The highest BCUT2D eigenvalue weighted by Gasteiger charge is 2.36. The van der Waals surface area contributed by atoms with Gasteiger partial charge in [-0.05, 0) is 48.2 Å². The van der Waals surface area contributed by atoms with E-state index in [1.54, 1.807) is 48.5 Å². The van der Waals surface area contributed by atoms with Crippen LogP contribution in [0.25, 0.3) is 6.08 Å². The number of nitrogens with zero attached hydrogens (tertiary/aromatic N) is 1. The Kier molecular flexibility index (Phi) is 7.50. The van der Waals surface area contributed by atoms with Crippen molar-refractivity contribution in [3.63, 3.8) is 0 Å². The van der Waals surface area contributed by atoms with E-state index in [4.69, 9.17) is 9.47 Å². The van der Waals surface area contributed by atoms with Crippen molar-refractivity contribution in [1.29, 1.82) is 0 Å². The van der Waals surface area contributed by atoms with Crippen molar-refractivity contribution < 1.29 is 33.4 Å². The molecule has 0 radical (unpaired) electrons. The number of thioether (sulfide) groups is 1. The van der Waals surface area contributed by atoms with E-state index >= 15 is 0 Å². The van der Waals surface area contributed by atoms with Gasteiger partial charge in [-0.25, -0.2) is 4.79 Å². The van der Waals surface area contributed by atoms with E-state index < -0.39 is 29.6 Å². The van der Waals surface area contributed by atoms with Crippen LogP contribution < -0.4 is 14.8 Å². The summed E-state index contributed by atoms with van der Waals surface area (Å²) < 4.78 is 15.0. The third kappa shape index (κ3) is 5.67. The smallest absolute Gasteiger partial charge is 0.343 e. The van der Waals surface area contributed by atoms with E-state index in [1.807, 2.05) is 0 Å². The van der Waals surface area contributed by atoms with E-state index in [9.17, 15) is 19.2 Å². The lowest BCUT2D eigenvalue weighted by atomic mass is 10.2. The number of hydrogen-bond acceptors (Lipinski definition) is 8. The van der Waals surface area contributed by atoms with Crippen LogP contribution in [0.15, 0.2) is 53.4 Å². The van der Waals surface area contributed by atoms with E-state index in [0.29, 0.717) is 22.7 Å². The molecule has 2 aromatic rings. The highest BCUT2D eigenvalue weighted by atomic mass is 32.2. The van der Waals surface area contributed by atoms with Crippen LogP contribution in [0, 0.1) is 0 Å². The van der Waals surface area contributed by atoms with Crippen LogP contribution in [-0.2, 0) is 19.1 Å². The molecule has 3 rings (SSSR count). The Morgan fingerprint density at radius 1 is 1.06 bits per heavy atom. The first kappa shape index (κ1) is 22.9. The van der Waals surface area contributed by atoms with Gasteiger partial charge in [-0.3, -0.25) is 19.3 Å². The van der Waals surface area contributed by atoms with Gasteiger partial charge in [0.05, 0.1) is 19.1 Å². The van der Waals surface area contributed by atoms with Crippen molar-refractivity contribution in [2.45, 2.75) is 0 Å². The number of para-hydroxylation sites is 1. The molecule has 1 aliphatic rings. The maximum atomic E-state index is 12.7. The molecule has 0 aliphatic carbocycles. The van der Waals surface area contributed by atoms with E-state index in [0.717, 1.165) is 16.7 Å². The fraction of sp³-hybridized carbons (Fsp3) is 0.182. The maximum Gasteiger partial charge on any atom is 0.343 e. The third-order valence-electron chi connectivity index (χ3n) is 4.33. The van der Waals surface area contributed by atoms with E-state index in [1.165, 1.54) is 20.3 Å². The van der Waals surface area contributed by atoms with Gasteiger partial charge in [0.15, 0.2) is 6.61 Å². The average Bonchev–Trinajstić information content (AvgIpc) is 3.06. The molecule has 1 aliphatic heterocycles. The zero-order chi connectivity index (χ0) is 23.1. The summed E-state index contributed by atoms with van der Waals surface area (Å²) in [5.74, 6) is -0.673. The molecule has 1 fully saturated rings. The maximum absolute atomic E-state index is 12.7. The second-order valence-electron chi connectivity index (χ2n) is 6.45. The number of anilines is 1. The first-order valence-corrected chi connectivity index (χ1v) is 10.2. The number of amides is 3. The van der Waals surface area contributed by atoms with Gasteiger partial charge >= 0.3 is 5.97 Å². The Morgan fingerprint density at radius 3 is 2.47 bits per heavy atom. The fourth-order valence-corrected chi connectivity index (χ4v) is 3.55. The van der Waals surface area contributed by atoms with Gasteiger partial charge in [0.2, 0.25) is 5.91 Å². The van der Waals surface area contributed by atoms with Gasteiger partial charge in [0, 0.05) is 11.3 Å². The van der Waals surface area contributed by atoms with Crippen molar-refractivity contribution in [2.24, 2.45) is 0 Å². The molecular formula is C22H20N2O7S. The molecular weight excluding hydrogens is 436 g/mol. The van der Waals surface area contributed by atoms with Crippen LogP contribution in [0.3, 0.4) is 0 Å². The highest BCUT2D eigenvalue weighted by Crippen LogP contribution is 2.34. The van der Waals surface area contributed by atoms with Crippen molar-refractivity contribution in [2.75, 3.05) is 32.7 Å². The molecule has 0 bridgehead atoms. The molecule has 0 atom stereocenters. The van der Waals surface area contributed by atoms with E-state index in [2.05, 4.69) is 10.1 Å². The molecule has 2 aromatic carbocycles. The van der Waals surface area contributed by atoms with Gasteiger partial charge in [-0.2, -0.15) is 0 Å². The number of esters is 1. The molecule has 0 saturated carbocycles. The Labute approximate surface area is 188 Å². The largest absolute Gasteiger partial charge is 0.497 e. The van der Waals surface area contributed by atoms with Crippen molar-refractivity contribution >= 4 is 46.5 Å². The quantitative estimate of drug-likeness (QED) is 0.477. The molecule has 3 amide bonds. The van der Waals surface area contributed by atoms with Crippen molar-refractivity contribution in [1.82, 2.24) is 4.90 Å². The zero-order valence-electron chi connectivity index (χ0n) is 17.3. The molecule has 0 aromatic heterocycles. The minimum atomic E-state index is -0.590. The number of ether oxygens (including phenoxy) is 3. The lowest BCUT2D eigenvalue weighted by Gasteiger charge is -2.12. The number of hydrogen-bond donors (Lipinski definition) is 1. The lowest BCUT2D eigenvalue weighted by Crippen LogP contribution is -2.36. The molecule has 32 heavy (non-hydrogen) atoms. The van der Waals surface area contributed by atoms with Crippen LogP contribution in [0.5, 0.6) is 11.5 Å². The first-order chi connectivity index (χ1) is 15.4. The van der Waals surface area contributed by atoms with Gasteiger partial charge in [-0.1, -0.05) is 18.2 Å². The number of benzene rings is 2. The Balaban J connectivity index is 1.68. The number of imide groups is 1. The summed E-state index contributed by atoms with van der Waals surface area (Å²) in [4.78, 5) is 49.7. The molecule has 10 heteroatoms. The van der Waals surface area contributed by atoms with E-state index in [-0.39, 0.29) is 11.5 Å². The first-order valence-electron chi connectivity index (χ1n) is 9.39. The summed E-state index contributed by atoms with van der Waals surface area (Å²) >= 11 is 0.722. The second kappa shape index (κ2) is 10.5. The van der Waals surface area contributed by atoms with Crippen LogP contribution >= 0.6 is 11.8 Å². The number of rotatable bonds is 8. The van der Waals surface area contributed by atoms with Gasteiger partial charge in [0.1, 0.15) is 18.0 Å². The molecule has 0 unspecified atom stereocenters. The summed E-state index contributed by atoms with van der Waals surface area (Å²) in [7, 11) is 2.78.